The van der Waals surface area contributed by atoms with Gasteiger partial charge >= 0.3 is 0 Å². The maximum absolute atomic E-state index is 13.8. The molecule has 4 heterocycles. The van der Waals surface area contributed by atoms with Crippen molar-refractivity contribution in [2.24, 2.45) is 0 Å². The average Bonchev–Trinajstić information content (AvgIpc) is 3.25. The van der Waals surface area contributed by atoms with E-state index in [1.54, 1.807) is 60.4 Å². The lowest BCUT2D eigenvalue weighted by Gasteiger charge is -2.11. The van der Waals surface area contributed by atoms with Crippen LogP contribution in [0.4, 0.5) is 10.1 Å². The van der Waals surface area contributed by atoms with E-state index in [9.17, 15) is 9.18 Å². The summed E-state index contributed by atoms with van der Waals surface area (Å²) in [6, 6.07) is 16.0. The Morgan fingerprint density at radius 2 is 1.78 bits per heavy atom. The second-order valence-corrected chi connectivity index (χ2v) is 7.34. The number of carbonyl (C=O) groups excluding carboxylic acids is 1. The smallest absolute Gasteiger partial charge is 0.274 e. The van der Waals surface area contributed by atoms with Gasteiger partial charge in [-0.2, -0.15) is 0 Å². The monoisotopic (exact) mass is 423 g/mol. The van der Waals surface area contributed by atoms with Crippen LogP contribution in [0.2, 0.25) is 0 Å². The molecule has 0 radical (unpaired) electrons. The molecule has 0 spiro atoms. The molecular formula is C25H18FN5O. The minimum Gasteiger partial charge on any atom is -0.321 e. The summed E-state index contributed by atoms with van der Waals surface area (Å²) in [4.78, 5) is 25.7. The molecule has 7 heteroatoms. The quantitative estimate of drug-likeness (QED) is 0.434. The number of imidazole rings is 1. The minimum absolute atomic E-state index is 0.254. The Labute approximate surface area is 183 Å². The first-order valence-corrected chi connectivity index (χ1v) is 10.0. The highest BCUT2D eigenvalue weighted by atomic mass is 19.1. The maximum atomic E-state index is 13.8. The lowest BCUT2D eigenvalue weighted by atomic mass is 9.99. The van der Waals surface area contributed by atoms with Crippen molar-refractivity contribution >= 4 is 17.2 Å². The SMILES string of the molecule is Cc1cc(-c2ncccc2-c2ccc3ncc(C(=O)Nc4ccncc4)n3c2)ccc1F. The van der Waals surface area contributed by atoms with Crippen LogP contribution in [0.3, 0.4) is 0 Å². The third-order valence-corrected chi connectivity index (χ3v) is 5.23. The number of halogens is 1. The Kier molecular flexibility index (Phi) is 4.91. The van der Waals surface area contributed by atoms with E-state index < -0.39 is 0 Å². The Hall–Kier alpha value is -4.39. The fraction of sp³-hybridized carbons (Fsp3) is 0.0400. The van der Waals surface area contributed by atoms with Crippen LogP contribution in [0, 0.1) is 12.7 Å². The number of rotatable bonds is 4. The highest BCUT2D eigenvalue weighted by Gasteiger charge is 2.15. The predicted molar refractivity (Wildman–Crippen MR) is 121 cm³/mol. The first-order valence-electron chi connectivity index (χ1n) is 10.0. The Morgan fingerprint density at radius 1 is 0.969 bits per heavy atom. The van der Waals surface area contributed by atoms with Crippen molar-refractivity contribution in [1.29, 1.82) is 0 Å². The summed E-state index contributed by atoms with van der Waals surface area (Å²) >= 11 is 0. The molecule has 0 aliphatic rings. The standard InChI is InChI=1S/C25H18FN5O/c1-16-13-17(4-6-21(16)26)24-20(3-2-10-28-24)18-5-7-23-29-14-22(31(23)15-18)25(32)30-19-8-11-27-12-9-19/h2-15H,1H3,(H,27,30,32). The molecule has 1 amide bonds. The van der Waals surface area contributed by atoms with Crippen molar-refractivity contribution in [3.8, 4) is 22.4 Å². The van der Waals surface area contributed by atoms with E-state index in [-0.39, 0.29) is 11.7 Å². The number of aromatic nitrogens is 4. The van der Waals surface area contributed by atoms with E-state index in [4.69, 9.17) is 0 Å². The second-order valence-electron chi connectivity index (χ2n) is 7.34. The maximum Gasteiger partial charge on any atom is 0.274 e. The molecule has 0 aliphatic heterocycles. The molecule has 0 fully saturated rings. The van der Waals surface area contributed by atoms with Gasteiger partial charge in [0.25, 0.3) is 5.91 Å². The summed E-state index contributed by atoms with van der Waals surface area (Å²) in [5, 5.41) is 2.86. The Balaban J connectivity index is 1.57. The van der Waals surface area contributed by atoms with Crippen LogP contribution in [-0.4, -0.2) is 25.3 Å². The number of pyridine rings is 3. The highest BCUT2D eigenvalue weighted by Crippen LogP contribution is 2.31. The number of amides is 1. The third-order valence-electron chi connectivity index (χ3n) is 5.23. The second kappa shape index (κ2) is 8.03. The van der Waals surface area contributed by atoms with Gasteiger partial charge in [0.2, 0.25) is 0 Å². The zero-order valence-corrected chi connectivity index (χ0v) is 17.2. The minimum atomic E-state index is -0.276. The van der Waals surface area contributed by atoms with E-state index in [2.05, 4.69) is 20.3 Å². The number of nitrogens with zero attached hydrogens (tertiary/aromatic N) is 4. The molecule has 0 atom stereocenters. The normalized spacial score (nSPS) is 10.9. The molecule has 0 saturated carbocycles. The van der Waals surface area contributed by atoms with E-state index in [0.717, 1.165) is 22.4 Å². The molecule has 0 unspecified atom stereocenters. The summed E-state index contributed by atoms with van der Waals surface area (Å²) in [6.45, 7) is 1.73. The Bertz CT molecular complexity index is 1450. The van der Waals surface area contributed by atoms with Gasteiger partial charge in [0.15, 0.2) is 0 Å². The number of hydrogen-bond acceptors (Lipinski definition) is 4. The van der Waals surface area contributed by atoms with Crippen LogP contribution in [0.15, 0.2) is 85.6 Å². The average molecular weight is 423 g/mol. The van der Waals surface area contributed by atoms with Crippen molar-refractivity contribution in [3.63, 3.8) is 0 Å². The molecule has 5 rings (SSSR count). The molecule has 1 aromatic carbocycles. The van der Waals surface area contributed by atoms with Crippen molar-refractivity contribution in [3.05, 3.63) is 103 Å². The number of aryl methyl sites for hydroxylation is 1. The molecule has 156 valence electrons. The summed E-state index contributed by atoms with van der Waals surface area (Å²) in [7, 11) is 0. The molecule has 6 nitrogen and oxygen atoms in total. The summed E-state index contributed by atoms with van der Waals surface area (Å²) in [5.41, 5.74) is 5.54. The van der Waals surface area contributed by atoms with Gasteiger partial charge in [0, 0.05) is 47.2 Å². The molecule has 0 saturated heterocycles. The van der Waals surface area contributed by atoms with Crippen molar-refractivity contribution in [1.82, 2.24) is 19.4 Å². The van der Waals surface area contributed by atoms with E-state index in [1.807, 2.05) is 30.5 Å². The van der Waals surface area contributed by atoms with Crippen LogP contribution < -0.4 is 5.32 Å². The van der Waals surface area contributed by atoms with Crippen LogP contribution in [0.25, 0.3) is 28.0 Å². The molecule has 1 N–H and O–H groups in total. The molecule has 32 heavy (non-hydrogen) atoms. The molecule has 0 bridgehead atoms. The lowest BCUT2D eigenvalue weighted by Crippen LogP contribution is -2.14. The van der Waals surface area contributed by atoms with Crippen molar-refractivity contribution < 1.29 is 9.18 Å². The van der Waals surface area contributed by atoms with Gasteiger partial charge in [-0.15, -0.1) is 0 Å². The summed E-state index contributed by atoms with van der Waals surface area (Å²) in [6.07, 6.45) is 8.34. The van der Waals surface area contributed by atoms with Gasteiger partial charge in [0.05, 0.1) is 11.9 Å². The van der Waals surface area contributed by atoms with Gasteiger partial charge in [0.1, 0.15) is 17.2 Å². The van der Waals surface area contributed by atoms with Crippen LogP contribution in [0.5, 0.6) is 0 Å². The van der Waals surface area contributed by atoms with Gasteiger partial charge in [-0.25, -0.2) is 9.37 Å². The van der Waals surface area contributed by atoms with E-state index >= 15 is 0 Å². The third kappa shape index (κ3) is 3.60. The number of carbonyl (C=O) groups is 1. The largest absolute Gasteiger partial charge is 0.321 e. The number of fused-ring (bicyclic) bond motifs is 1. The fourth-order valence-corrected chi connectivity index (χ4v) is 3.60. The number of benzene rings is 1. The topological polar surface area (TPSA) is 72.2 Å². The number of nitrogens with one attached hydrogen (secondary N) is 1. The van der Waals surface area contributed by atoms with Crippen LogP contribution >= 0.6 is 0 Å². The van der Waals surface area contributed by atoms with Crippen molar-refractivity contribution in [2.75, 3.05) is 5.32 Å². The van der Waals surface area contributed by atoms with E-state index in [1.165, 1.54) is 6.07 Å². The lowest BCUT2D eigenvalue weighted by molar-refractivity contribution is 0.102. The first kappa shape index (κ1) is 19.6. The first-order chi connectivity index (χ1) is 15.6. The summed E-state index contributed by atoms with van der Waals surface area (Å²) < 4.78 is 15.5. The predicted octanol–water partition coefficient (Wildman–Crippen LogP) is 5.16. The molecule has 0 aliphatic carbocycles. The van der Waals surface area contributed by atoms with Gasteiger partial charge in [-0.3, -0.25) is 19.2 Å². The highest BCUT2D eigenvalue weighted by molar-refractivity contribution is 6.03. The zero-order chi connectivity index (χ0) is 22.1. The number of anilines is 1. The van der Waals surface area contributed by atoms with Crippen LogP contribution in [-0.2, 0) is 0 Å². The van der Waals surface area contributed by atoms with Gasteiger partial charge in [-0.1, -0.05) is 6.07 Å². The zero-order valence-electron chi connectivity index (χ0n) is 17.2. The van der Waals surface area contributed by atoms with Gasteiger partial charge < -0.3 is 5.32 Å². The molecular weight excluding hydrogens is 405 g/mol. The van der Waals surface area contributed by atoms with Crippen LogP contribution in [0.1, 0.15) is 16.1 Å². The number of hydrogen-bond donors (Lipinski definition) is 1. The Morgan fingerprint density at radius 3 is 2.59 bits per heavy atom. The van der Waals surface area contributed by atoms with Gasteiger partial charge in [-0.05, 0) is 61.0 Å². The molecule has 4 aromatic heterocycles. The van der Waals surface area contributed by atoms with E-state index in [0.29, 0.717) is 22.6 Å². The fourth-order valence-electron chi connectivity index (χ4n) is 3.60. The summed E-state index contributed by atoms with van der Waals surface area (Å²) in [5.74, 6) is -0.530. The van der Waals surface area contributed by atoms with Crippen molar-refractivity contribution in [2.45, 2.75) is 6.92 Å². The molecule has 5 aromatic rings.